The minimum atomic E-state index is -0.312. The lowest BCUT2D eigenvalue weighted by Gasteiger charge is -2.35. The van der Waals surface area contributed by atoms with Crippen molar-refractivity contribution in [1.82, 2.24) is 25.5 Å². The molecule has 4 aromatic carbocycles. The minimum absolute atomic E-state index is 0.201. The highest BCUT2D eigenvalue weighted by molar-refractivity contribution is 6.09. The van der Waals surface area contributed by atoms with Crippen molar-refractivity contribution in [3.05, 3.63) is 108 Å². The number of rotatable bonds is 8. The Kier molecular flexibility index (Phi) is 7.50. The third-order valence-corrected chi connectivity index (χ3v) is 7.94. The maximum Gasteiger partial charge on any atom is 0.254 e. The molecule has 42 heavy (non-hydrogen) atoms. The fraction of sp³-hybridized carbons (Fsp3) is 0.200. The number of para-hydroxylation sites is 4. The molecule has 0 saturated heterocycles. The molecular formula is C35H33N5O2. The average molecular weight is 556 g/mol. The summed E-state index contributed by atoms with van der Waals surface area (Å²) in [5.41, 5.74) is 4.08. The van der Waals surface area contributed by atoms with Gasteiger partial charge in [0, 0.05) is 21.5 Å². The lowest BCUT2D eigenvalue weighted by Crippen LogP contribution is -2.55. The van der Waals surface area contributed by atoms with Gasteiger partial charge in [-0.2, -0.15) is 0 Å². The first-order valence-corrected chi connectivity index (χ1v) is 14.4. The molecular weight excluding hydrogens is 522 g/mol. The fourth-order valence-corrected chi connectivity index (χ4v) is 5.63. The Morgan fingerprint density at radius 1 is 0.619 bits per heavy atom. The summed E-state index contributed by atoms with van der Waals surface area (Å²) < 4.78 is 0. The molecule has 2 unspecified atom stereocenters. The molecule has 7 heteroatoms. The van der Waals surface area contributed by atoms with E-state index in [1.807, 2.05) is 111 Å². The molecule has 0 spiro atoms. The smallest absolute Gasteiger partial charge is 0.254 e. The summed E-state index contributed by atoms with van der Waals surface area (Å²) in [5, 5.41) is 10.3. The van der Waals surface area contributed by atoms with Gasteiger partial charge in [-0.3, -0.25) is 14.5 Å². The topological polar surface area (TPSA) is 87.2 Å². The van der Waals surface area contributed by atoms with Crippen molar-refractivity contribution in [3.8, 4) is 0 Å². The van der Waals surface area contributed by atoms with Crippen LogP contribution >= 0.6 is 0 Å². The third-order valence-electron chi connectivity index (χ3n) is 7.94. The van der Waals surface area contributed by atoms with E-state index in [1.54, 1.807) is 0 Å². The second-order valence-corrected chi connectivity index (χ2v) is 10.6. The van der Waals surface area contributed by atoms with Crippen LogP contribution in [0.1, 0.15) is 47.4 Å². The van der Waals surface area contributed by atoms with Gasteiger partial charge in [-0.1, -0.05) is 74.5 Å². The van der Waals surface area contributed by atoms with E-state index in [9.17, 15) is 9.59 Å². The summed E-state index contributed by atoms with van der Waals surface area (Å²) in [5.74, 6) is -0.401. The average Bonchev–Trinajstić information content (AvgIpc) is 3.02. The number of nitrogens with one attached hydrogen (secondary N) is 2. The number of aromatic nitrogens is 2. The van der Waals surface area contributed by atoms with Gasteiger partial charge in [0.1, 0.15) is 0 Å². The summed E-state index contributed by atoms with van der Waals surface area (Å²) in [6, 6.07) is 31.3. The molecule has 0 aliphatic heterocycles. The molecule has 2 aromatic heterocycles. The third kappa shape index (κ3) is 5.15. The highest BCUT2D eigenvalue weighted by Crippen LogP contribution is 2.24. The zero-order valence-corrected chi connectivity index (χ0v) is 24.0. The van der Waals surface area contributed by atoms with Crippen LogP contribution in [0, 0.1) is 0 Å². The Morgan fingerprint density at radius 3 is 1.45 bits per heavy atom. The van der Waals surface area contributed by atoms with Gasteiger partial charge in [-0.15, -0.1) is 0 Å². The van der Waals surface area contributed by atoms with E-state index in [2.05, 4.69) is 22.8 Å². The summed E-state index contributed by atoms with van der Waals surface area (Å²) >= 11 is 0. The highest BCUT2D eigenvalue weighted by Gasteiger charge is 2.26. The summed E-state index contributed by atoms with van der Waals surface area (Å²) in [6.07, 6.45) is 0.677. The SMILES string of the molecule is CCC(NC(=O)c1cccc2cc3ccccc3nc12)N(C)C(CC)NC(=O)c1cccc2cc3ccccc3nc12. The molecule has 6 aromatic rings. The van der Waals surface area contributed by atoms with Gasteiger partial charge in [-0.25, -0.2) is 9.97 Å². The van der Waals surface area contributed by atoms with Crippen LogP contribution in [0.2, 0.25) is 0 Å². The number of pyridine rings is 2. The predicted octanol–water partition coefficient (Wildman–Crippen LogP) is 6.65. The lowest BCUT2D eigenvalue weighted by molar-refractivity contribution is 0.0701. The Hall–Kier alpha value is -4.88. The number of carbonyl (C=O) groups excluding carboxylic acids is 2. The molecule has 7 nitrogen and oxygen atoms in total. The summed E-state index contributed by atoms with van der Waals surface area (Å²) in [6.45, 7) is 4.04. The van der Waals surface area contributed by atoms with Gasteiger partial charge < -0.3 is 10.6 Å². The first-order valence-electron chi connectivity index (χ1n) is 14.4. The van der Waals surface area contributed by atoms with Gasteiger partial charge >= 0.3 is 0 Å². The van der Waals surface area contributed by atoms with E-state index in [0.717, 1.165) is 32.6 Å². The van der Waals surface area contributed by atoms with Gasteiger partial charge in [0.25, 0.3) is 11.8 Å². The van der Waals surface area contributed by atoms with Crippen LogP contribution in [0.15, 0.2) is 97.1 Å². The molecule has 0 radical (unpaired) electrons. The van der Waals surface area contributed by atoms with Crippen LogP contribution in [-0.4, -0.2) is 46.1 Å². The summed E-state index contributed by atoms with van der Waals surface area (Å²) in [7, 11) is 1.92. The molecule has 0 aliphatic carbocycles. The molecule has 6 rings (SSSR count). The van der Waals surface area contributed by atoms with E-state index < -0.39 is 0 Å². The molecule has 0 bridgehead atoms. The highest BCUT2D eigenvalue weighted by atomic mass is 16.2. The molecule has 2 heterocycles. The number of carbonyl (C=O) groups is 2. The van der Waals surface area contributed by atoms with Crippen LogP contribution in [0.3, 0.4) is 0 Å². The van der Waals surface area contributed by atoms with E-state index in [1.165, 1.54) is 0 Å². The van der Waals surface area contributed by atoms with Crippen molar-refractivity contribution in [3.63, 3.8) is 0 Å². The van der Waals surface area contributed by atoms with Crippen LogP contribution in [0.25, 0.3) is 43.6 Å². The zero-order valence-electron chi connectivity index (χ0n) is 24.0. The summed E-state index contributed by atoms with van der Waals surface area (Å²) in [4.78, 5) is 38.8. The molecule has 2 N–H and O–H groups in total. The van der Waals surface area contributed by atoms with Crippen molar-refractivity contribution in [1.29, 1.82) is 0 Å². The minimum Gasteiger partial charge on any atom is -0.336 e. The van der Waals surface area contributed by atoms with Crippen molar-refractivity contribution in [2.45, 2.75) is 39.0 Å². The van der Waals surface area contributed by atoms with Crippen LogP contribution in [0.5, 0.6) is 0 Å². The Bertz CT molecular complexity index is 1810. The van der Waals surface area contributed by atoms with E-state index in [4.69, 9.17) is 9.97 Å². The molecule has 0 aliphatic rings. The second kappa shape index (κ2) is 11.5. The normalized spacial score (nSPS) is 13.0. The van der Waals surface area contributed by atoms with Gasteiger partial charge in [0.15, 0.2) is 0 Å². The number of nitrogens with zero attached hydrogens (tertiary/aromatic N) is 3. The largest absolute Gasteiger partial charge is 0.336 e. The number of fused-ring (bicyclic) bond motifs is 4. The van der Waals surface area contributed by atoms with E-state index >= 15 is 0 Å². The molecule has 2 atom stereocenters. The molecule has 2 amide bonds. The predicted molar refractivity (Wildman–Crippen MR) is 169 cm³/mol. The Labute approximate surface area is 244 Å². The number of benzene rings is 4. The monoisotopic (exact) mass is 555 g/mol. The van der Waals surface area contributed by atoms with Crippen LogP contribution in [0.4, 0.5) is 0 Å². The molecule has 210 valence electrons. The standard InChI is InChI=1S/C35H33N5O2/c1-4-30(38-34(41)26-16-10-14-24-20-22-12-6-8-18-28(22)36-32(24)26)40(3)31(5-2)39-35(42)27-17-11-15-25-21-23-13-7-9-19-29(23)37-33(25)27/h6-21,30-31H,4-5H2,1-3H3,(H,38,41)(H,39,42). The fourth-order valence-electron chi connectivity index (χ4n) is 5.63. The van der Waals surface area contributed by atoms with Crippen LogP contribution in [-0.2, 0) is 0 Å². The van der Waals surface area contributed by atoms with Gasteiger partial charge in [0.2, 0.25) is 0 Å². The Balaban J connectivity index is 1.23. The maximum absolute atomic E-state index is 13.6. The van der Waals surface area contributed by atoms with Crippen molar-refractivity contribution in [2.75, 3.05) is 7.05 Å². The van der Waals surface area contributed by atoms with Crippen molar-refractivity contribution in [2.24, 2.45) is 0 Å². The Morgan fingerprint density at radius 2 is 1.02 bits per heavy atom. The number of hydrogen-bond acceptors (Lipinski definition) is 5. The van der Waals surface area contributed by atoms with E-state index in [0.29, 0.717) is 35.0 Å². The molecule has 0 saturated carbocycles. The quantitative estimate of drug-likeness (QED) is 0.162. The van der Waals surface area contributed by atoms with Gasteiger partial charge in [0.05, 0.1) is 45.5 Å². The maximum atomic E-state index is 13.6. The van der Waals surface area contributed by atoms with Crippen molar-refractivity contribution < 1.29 is 9.59 Å². The lowest BCUT2D eigenvalue weighted by atomic mass is 10.1. The first kappa shape index (κ1) is 27.3. The number of hydrogen-bond donors (Lipinski definition) is 2. The van der Waals surface area contributed by atoms with Crippen molar-refractivity contribution >= 4 is 55.4 Å². The van der Waals surface area contributed by atoms with E-state index in [-0.39, 0.29) is 24.1 Å². The first-order chi connectivity index (χ1) is 20.5. The molecule has 0 fully saturated rings. The van der Waals surface area contributed by atoms with Crippen LogP contribution < -0.4 is 10.6 Å². The zero-order chi connectivity index (χ0) is 29.2. The second-order valence-electron chi connectivity index (χ2n) is 10.6. The number of amides is 2. The van der Waals surface area contributed by atoms with Gasteiger partial charge in [-0.05, 0) is 56.3 Å².